The molecule has 0 radical (unpaired) electrons. The number of methoxy groups -OCH3 is 3. The SMILES string of the molecule is COc1cc(/C=C/Cc2cc(O)c3occc3c2)cc(OC)c1OC. The molecule has 1 heterocycles. The van der Waals surface area contributed by atoms with Gasteiger partial charge in [0.2, 0.25) is 5.75 Å². The van der Waals surface area contributed by atoms with Gasteiger partial charge in [0.1, 0.15) is 0 Å². The zero-order chi connectivity index (χ0) is 17.8. The highest BCUT2D eigenvalue weighted by atomic mass is 16.5. The Labute approximate surface area is 146 Å². The van der Waals surface area contributed by atoms with E-state index in [0.717, 1.165) is 16.5 Å². The molecule has 1 N–H and O–H groups in total. The molecule has 0 aliphatic rings. The number of phenols is 1. The van der Waals surface area contributed by atoms with Gasteiger partial charge in [0.05, 0.1) is 27.6 Å². The smallest absolute Gasteiger partial charge is 0.203 e. The summed E-state index contributed by atoms with van der Waals surface area (Å²) in [4.78, 5) is 0. The number of phenolic OH excluding ortho intramolecular Hbond substituents is 1. The zero-order valence-electron chi connectivity index (χ0n) is 14.4. The largest absolute Gasteiger partial charge is 0.504 e. The monoisotopic (exact) mass is 340 g/mol. The maximum absolute atomic E-state index is 9.99. The van der Waals surface area contributed by atoms with Crippen molar-refractivity contribution in [2.24, 2.45) is 0 Å². The number of hydrogen-bond acceptors (Lipinski definition) is 5. The molecule has 0 fully saturated rings. The van der Waals surface area contributed by atoms with Gasteiger partial charge in [0.15, 0.2) is 22.8 Å². The Balaban J connectivity index is 1.83. The summed E-state index contributed by atoms with van der Waals surface area (Å²) in [5, 5.41) is 10.9. The number of rotatable bonds is 6. The minimum Gasteiger partial charge on any atom is -0.504 e. The van der Waals surface area contributed by atoms with Crippen LogP contribution in [0.15, 0.2) is 47.1 Å². The molecule has 0 spiro atoms. The van der Waals surface area contributed by atoms with Crippen molar-refractivity contribution < 1.29 is 23.7 Å². The summed E-state index contributed by atoms with van der Waals surface area (Å²) >= 11 is 0. The first-order valence-corrected chi connectivity index (χ1v) is 7.82. The van der Waals surface area contributed by atoms with Gasteiger partial charge >= 0.3 is 0 Å². The molecule has 1 aromatic heterocycles. The van der Waals surface area contributed by atoms with Crippen LogP contribution in [0.4, 0.5) is 0 Å². The summed E-state index contributed by atoms with van der Waals surface area (Å²) < 4.78 is 21.3. The highest BCUT2D eigenvalue weighted by Crippen LogP contribution is 2.38. The highest BCUT2D eigenvalue weighted by molar-refractivity contribution is 5.83. The molecule has 5 nitrogen and oxygen atoms in total. The van der Waals surface area contributed by atoms with E-state index in [2.05, 4.69) is 0 Å². The first kappa shape index (κ1) is 16.8. The van der Waals surface area contributed by atoms with E-state index in [-0.39, 0.29) is 5.75 Å². The van der Waals surface area contributed by atoms with Gasteiger partial charge in [-0.2, -0.15) is 0 Å². The Bertz CT molecular complexity index is 883. The number of ether oxygens (including phenoxy) is 3. The van der Waals surface area contributed by atoms with Crippen LogP contribution < -0.4 is 14.2 Å². The molecule has 3 aromatic rings. The third-order valence-electron chi connectivity index (χ3n) is 3.94. The lowest BCUT2D eigenvalue weighted by Gasteiger charge is -2.12. The highest BCUT2D eigenvalue weighted by Gasteiger charge is 2.12. The number of aromatic hydroxyl groups is 1. The molecule has 0 aliphatic carbocycles. The summed E-state index contributed by atoms with van der Waals surface area (Å²) in [7, 11) is 4.76. The lowest BCUT2D eigenvalue weighted by molar-refractivity contribution is 0.324. The van der Waals surface area contributed by atoms with Gasteiger partial charge < -0.3 is 23.7 Å². The maximum atomic E-state index is 9.99. The summed E-state index contributed by atoms with van der Waals surface area (Å²) in [6, 6.07) is 9.31. The quantitative estimate of drug-likeness (QED) is 0.720. The van der Waals surface area contributed by atoms with Crippen LogP contribution in [0.5, 0.6) is 23.0 Å². The van der Waals surface area contributed by atoms with Gasteiger partial charge in [-0.15, -0.1) is 0 Å². The van der Waals surface area contributed by atoms with E-state index in [1.165, 1.54) is 0 Å². The van der Waals surface area contributed by atoms with Gasteiger partial charge in [-0.1, -0.05) is 12.2 Å². The van der Waals surface area contributed by atoms with E-state index in [0.29, 0.717) is 29.3 Å². The lowest BCUT2D eigenvalue weighted by atomic mass is 10.1. The van der Waals surface area contributed by atoms with Crippen molar-refractivity contribution in [3.8, 4) is 23.0 Å². The predicted octanol–water partition coefficient (Wildman–Crippen LogP) is 4.42. The third-order valence-corrected chi connectivity index (χ3v) is 3.94. The van der Waals surface area contributed by atoms with Crippen molar-refractivity contribution in [2.75, 3.05) is 21.3 Å². The minimum atomic E-state index is 0.152. The van der Waals surface area contributed by atoms with Gasteiger partial charge in [-0.05, 0) is 47.9 Å². The summed E-state index contributed by atoms with van der Waals surface area (Å²) in [5.41, 5.74) is 2.44. The van der Waals surface area contributed by atoms with Crippen LogP contribution in [0.3, 0.4) is 0 Å². The topological polar surface area (TPSA) is 61.1 Å². The van der Waals surface area contributed by atoms with Crippen LogP contribution in [-0.4, -0.2) is 26.4 Å². The fraction of sp³-hybridized carbons (Fsp3) is 0.200. The number of furan rings is 1. The van der Waals surface area contributed by atoms with Gasteiger partial charge in [0, 0.05) is 5.39 Å². The summed E-state index contributed by atoms with van der Waals surface area (Å²) in [6.45, 7) is 0. The predicted molar refractivity (Wildman–Crippen MR) is 96.7 cm³/mol. The number of benzene rings is 2. The number of hydrogen-bond donors (Lipinski definition) is 1. The van der Waals surface area contributed by atoms with E-state index in [1.54, 1.807) is 33.7 Å². The number of fused-ring (bicyclic) bond motifs is 1. The fourth-order valence-electron chi connectivity index (χ4n) is 2.77. The van der Waals surface area contributed by atoms with Crippen LogP contribution in [0.2, 0.25) is 0 Å². The molecule has 2 aromatic carbocycles. The Hall–Kier alpha value is -3.08. The molecular formula is C20H20O5. The lowest BCUT2D eigenvalue weighted by Crippen LogP contribution is -1.95. The standard InChI is InChI=1S/C20H20O5/c1-22-17-11-14(12-18(23-2)20(17)24-3)6-4-5-13-9-15-7-8-25-19(15)16(21)10-13/h4,6-12,21H,5H2,1-3H3/b6-4+. The molecular weight excluding hydrogens is 320 g/mol. The zero-order valence-corrected chi connectivity index (χ0v) is 14.4. The van der Waals surface area contributed by atoms with Crippen molar-refractivity contribution in [3.05, 3.63) is 53.8 Å². The van der Waals surface area contributed by atoms with Crippen LogP contribution >= 0.6 is 0 Å². The molecule has 0 aliphatic heterocycles. The Kier molecular flexibility index (Phi) is 4.84. The molecule has 0 saturated carbocycles. The van der Waals surface area contributed by atoms with E-state index < -0.39 is 0 Å². The van der Waals surface area contributed by atoms with Crippen molar-refractivity contribution >= 4 is 17.0 Å². The summed E-state index contributed by atoms with van der Waals surface area (Å²) in [5.74, 6) is 1.94. The van der Waals surface area contributed by atoms with E-state index in [9.17, 15) is 5.11 Å². The average Bonchev–Trinajstić information content (AvgIpc) is 3.10. The van der Waals surface area contributed by atoms with Gasteiger partial charge in [-0.3, -0.25) is 0 Å². The second-order valence-corrected chi connectivity index (χ2v) is 5.52. The Morgan fingerprint density at radius 1 is 1.00 bits per heavy atom. The molecule has 25 heavy (non-hydrogen) atoms. The molecule has 0 bridgehead atoms. The molecule has 3 rings (SSSR count). The van der Waals surface area contributed by atoms with Crippen molar-refractivity contribution in [2.45, 2.75) is 6.42 Å². The molecule has 0 saturated heterocycles. The second kappa shape index (κ2) is 7.21. The molecule has 130 valence electrons. The minimum absolute atomic E-state index is 0.152. The average molecular weight is 340 g/mol. The first-order valence-electron chi connectivity index (χ1n) is 7.82. The molecule has 0 atom stereocenters. The Morgan fingerprint density at radius 2 is 1.72 bits per heavy atom. The van der Waals surface area contributed by atoms with Crippen LogP contribution in [0, 0.1) is 0 Å². The molecule has 0 unspecified atom stereocenters. The third kappa shape index (κ3) is 3.40. The van der Waals surface area contributed by atoms with Crippen LogP contribution in [-0.2, 0) is 6.42 Å². The van der Waals surface area contributed by atoms with Crippen molar-refractivity contribution in [1.82, 2.24) is 0 Å². The van der Waals surface area contributed by atoms with Gasteiger partial charge in [0.25, 0.3) is 0 Å². The fourth-order valence-corrected chi connectivity index (χ4v) is 2.77. The molecule has 0 amide bonds. The second-order valence-electron chi connectivity index (χ2n) is 5.52. The summed E-state index contributed by atoms with van der Waals surface area (Å²) in [6.07, 6.45) is 6.23. The van der Waals surface area contributed by atoms with Gasteiger partial charge in [-0.25, -0.2) is 0 Å². The normalized spacial score (nSPS) is 11.2. The van der Waals surface area contributed by atoms with Crippen LogP contribution in [0.25, 0.3) is 17.0 Å². The van der Waals surface area contributed by atoms with E-state index >= 15 is 0 Å². The van der Waals surface area contributed by atoms with Crippen LogP contribution in [0.1, 0.15) is 11.1 Å². The number of allylic oxidation sites excluding steroid dienone is 1. The van der Waals surface area contributed by atoms with Crippen molar-refractivity contribution in [3.63, 3.8) is 0 Å². The van der Waals surface area contributed by atoms with Crippen molar-refractivity contribution in [1.29, 1.82) is 0 Å². The van der Waals surface area contributed by atoms with E-state index in [4.69, 9.17) is 18.6 Å². The molecule has 5 heteroatoms. The van der Waals surface area contributed by atoms with E-state index in [1.807, 2.05) is 36.4 Å². The first-order chi connectivity index (χ1) is 12.2. The Morgan fingerprint density at radius 3 is 2.36 bits per heavy atom. The maximum Gasteiger partial charge on any atom is 0.203 e.